The summed E-state index contributed by atoms with van der Waals surface area (Å²) in [6.07, 6.45) is 10.8. The SMILES string of the molecule is CN(C)C(=O)c1cc2cnc(Nc3ccc(N4CC5(CCN(c6ccc7c(c6)C(=O)N([C@@H]6CCC(=O)NC6=O)C7)CC5)C4)cn3)nc2n1C1CCCC1. The van der Waals surface area contributed by atoms with Gasteiger partial charge in [-0.25, -0.2) is 9.97 Å². The number of hydrogen-bond donors (Lipinski definition) is 2. The Bertz CT molecular complexity index is 2120. The average Bonchev–Trinajstić information content (AvgIpc) is 3.88. The van der Waals surface area contributed by atoms with Crippen molar-refractivity contribution in [1.29, 1.82) is 0 Å². The lowest BCUT2D eigenvalue weighted by molar-refractivity contribution is -0.136. The monoisotopic (exact) mass is 716 g/mol. The standard InChI is InChI=1S/C39H44N10O4/c1-45(2)37(53)31-17-25-19-41-38(44-34(25)49(31)26-5-3-4-6-26)42-32-11-9-28(20-40-32)47-22-39(23-47)13-15-46(16-14-39)27-8-7-24-21-48(36(52)29(24)18-27)30-10-12-33(50)43-35(30)51/h7-9,11,17-20,26,30H,3-6,10,12-16,21-23H2,1-2H3,(H,43,50,51)(H,40,41,42,44)/t30-/m1/s1. The number of nitrogens with zero attached hydrogens (tertiary/aromatic N) is 8. The highest BCUT2D eigenvalue weighted by atomic mass is 16.2. The summed E-state index contributed by atoms with van der Waals surface area (Å²) >= 11 is 0. The summed E-state index contributed by atoms with van der Waals surface area (Å²) in [5.74, 6) is 0.285. The molecule has 14 heteroatoms. The molecule has 4 aliphatic heterocycles. The molecule has 4 aromatic rings. The summed E-state index contributed by atoms with van der Waals surface area (Å²) in [5.41, 5.74) is 5.39. The van der Waals surface area contributed by atoms with Gasteiger partial charge >= 0.3 is 0 Å². The minimum atomic E-state index is -0.602. The lowest BCUT2D eigenvalue weighted by Gasteiger charge is -2.55. The Morgan fingerprint density at radius 1 is 0.925 bits per heavy atom. The number of anilines is 4. The molecule has 1 aromatic carbocycles. The zero-order valence-corrected chi connectivity index (χ0v) is 30.2. The van der Waals surface area contributed by atoms with Crippen LogP contribution in [0, 0.1) is 5.41 Å². The number of hydrogen-bond acceptors (Lipinski definition) is 10. The molecule has 1 saturated carbocycles. The van der Waals surface area contributed by atoms with Gasteiger partial charge in [-0.15, -0.1) is 0 Å². The van der Waals surface area contributed by atoms with E-state index in [1.807, 2.05) is 30.5 Å². The molecule has 1 aliphatic carbocycles. The van der Waals surface area contributed by atoms with Crippen molar-refractivity contribution < 1.29 is 19.2 Å². The van der Waals surface area contributed by atoms with Gasteiger partial charge in [0.1, 0.15) is 23.2 Å². The number of carbonyl (C=O) groups is 4. The van der Waals surface area contributed by atoms with Crippen molar-refractivity contribution in [2.45, 2.75) is 70.0 Å². The highest BCUT2D eigenvalue weighted by Crippen LogP contribution is 2.44. The first-order valence-corrected chi connectivity index (χ1v) is 18.7. The molecule has 4 amide bonds. The van der Waals surface area contributed by atoms with E-state index in [0.717, 1.165) is 92.7 Å². The van der Waals surface area contributed by atoms with Crippen molar-refractivity contribution in [1.82, 2.24) is 34.6 Å². The molecule has 53 heavy (non-hydrogen) atoms. The third-order valence-electron chi connectivity index (χ3n) is 12.0. The van der Waals surface area contributed by atoms with E-state index in [0.29, 0.717) is 36.0 Å². The van der Waals surface area contributed by atoms with Gasteiger partial charge in [0.2, 0.25) is 17.8 Å². The van der Waals surface area contributed by atoms with Crippen molar-refractivity contribution in [3.05, 3.63) is 65.6 Å². The van der Waals surface area contributed by atoms with Crippen LogP contribution in [0.4, 0.5) is 23.1 Å². The number of imide groups is 1. The molecule has 274 valence electrons. The van der Waals surface area contributed by atoms with Gasteiger partial charge in [0, 0.05) is 87.5 Å². The molecule has 14 nitrogen and oxygen atoms in total. The van der Waals surface area contributed by atoms with Crippen LogP contribution in [0.5, 0.6) is 0 Å². The number of aromatic nitrogens is 4. The van der Waals surface area contributed by atoms with E-state index in [9.17, 15) is 19.2 Å². The summed E-state index contributed by atoms with van der Waals surface area (Å²) in [4.78, 5) is 72.6. The lowest BCUT2D eigenvalue weighted by atomic mass is 9.71. The fraction of sp³-hybridized carbons (Fsp3) is 0.462. The second-order valence-corrected chi connectivity index (χ2v) is 15.6. The summed E-state index contributed by atoms with van der Waals surface area (Å²) < 4.78 is 2.11. The van der Waals surface area contributed by atoms with E-state index in [1.54, 1.807) is 30.1 Å². The zero-order chi connectivity index (χ0) is 36.4. The van der Waals surface area contributed by atoms with Gasteiger partial charge < -0.3 is 29.5 Å². The minimum absolute atomic E-state index is 0.0293. The van der Waals surface area contributed by atoms with Crippen LogP contribution in [0.3, 0.4) is 0 Å². The molecule has 1 atom stereocenters. The Labute approximate surface area is 307 Å². The van der Waals surface area contributed by atoms with E-state index in [1.165, 1.54) is 0 Å². The highest BCUT2D eigenvalue weighted by Gasteiger charge is 2.45. The molecule has 3 saturated heterocycles. The maximum atomic E-state index is 13.4. The maximum absolute atomic E-state index is 13.4. The first kappa shape index (κ1) is 33.3. The molecule has 3 aromatic heterocycles. The Hall–Kier alpha value is -5.53. The van der Waals surface area contributed by atoms with Crippen LogP contribution in [-0.4, -0.2) is 99.3 Å². The van der Waals surface area contributed by atoms with Gasteiger partial charge in [0.05, 0.1) is 11.9 Å². The smallest absolute Gasteiger partial charge is 0.270 e. The summed E-state index contributed by atoms with van der Waals surface area (Å²) in [6, 6.07) is 11.7. The number of rotatable bonds is 7. The van der Waals surface area contributed by atoms with Gasteiger partial charge in [0.15, 0.2) is 0 Å². The normalized spacial score (nSPS) is 21.3. The molecule has 2 N–H and O–H groups in total. The second-order valence-electron chi connectivity index (χ2n) is 15.6. The predicted octanol–water partition coefficient (Wildman–Crippen LogP) is 4.25. The van der Waals surface area contributed by atoms with Crippen LogP contribution in [0.1, 0.15) is 83.8 Å². The summed E-state index contributed by atoms with van der Waals surface area (Å²) in [7, 11) is 3.55. The number of nitrogens with one attached hydrogen (secondary N) is 2. The van der Waals surface area contributed by atoms with Crippen LogP contribution in [0.2, 0.25) is 0 Å². The van der Waals surface area contributed by atoms with Gasteiger partial charge in [0.25, 0.3) is 11.8 Å². The van der Waals surface area contributed by atoms with Crippen LogP contribution in [0.15, 0.2) is 48.8 Å². The summed E-state index contributed by atoms with van der Waals surface area (Å²) in [5, 5.41) is 6.51. The molecule has 7 heterocycles. The Morgan fingerprint density at radius 2 is 1.70 bits per heavy atom. The second kappa shape index (κ2) is 12.8. The van der Waals surface area contributed by atoms with Gasteiger partial charge in [-0.2, -0.15) is 4.98 Å². The molecule has 0 bridgehead atoms. The molecule has 0 unspecified atom stereocenters. The molecule has 9 rings (SSSR count). The molecule has 0 radical (unpaired) electrons. The molecular weight excluding hydrogens is 672 g/mol. The third kappa shape index (κ3) is 5.93. The number of carbonyl (C=O) groups excluding carboxylic acids is 4. The topological polar surface area (TPSA) is 149 Å². The van der Waals surface area contributed by atoms with E-state index < -0.39 is 6.04 Å². The highest BCUT2D eigenvalue weighted by molar-refractivity contribution is 6.05. The Morgan fingerprint density at radius 3 is 2.42 bits per heavy atom. The number of piperidine rings is 2. The summed E-state index contributed by atoms with van der Waals surface area (Å²) in [6.45, 7) is 4.18. The Balaban J connectivity index is 0.813. The van der Waals surface area contributed by atoms with Crippen molar-refractivity contribution in [3.63, 3.8) is 0 Å². The molecule has 1 spiro atoms. The minimum Gasteiger partial charge on any atom is -0.371 e. The number of pyridine rings is 1. The average molecular weight is 717 g/mol. The van der Waals surface area contributed by atoms with Crippen molar-refractivity contribution in [2.24, 2.45) is 5.41 Å². The van der Waals surface area contributed by atoms with Gasteiger partial charge in [-0.1, -0.05) is 18.9 Å². The van der Waals surface area contributed by atoms with E-state index >= 15 is 0 Å². The van der Waals surface area contributed by atoms with Crippen LogP contribution in [0.25, 0.3) is 11.0 Å². The number of benzene rings is 1. The lowest BCUT2D eigenvalue weighted by Crippen LogP contribution is -2.60. The third-order valence-corrected chi connectivity index (χ3v) is 12.0. The fourth-order valence-corrected chi connectivity index (χ4v) is 9.00. The molecule has 4 fully saturated rings. The van der Waals surface area contributed by atoms with Crippen LogP contribution < -0.4 is 20.4 Å². The Kier molecular flexibility index (Phi) is 8.08. The molecule has 5 aliphatic rings. The van der Waals surface area contributed by atoms with Gasteiger partial charge in [-0.3, -0.25) is 24.5 Å². The van der Waals surface area contributed by atoms with Gasteiger partial charge in [-0.05, 0) is 68.0 Å². The number of amides is 4. The fourth-order valence-electron chi connectivity index (χ4n) is 9.00. The van der Waals surface area contributed by atoms with Crippen LogP contribution in [-0.2, 0) is 16.1 Å². The van der Waals surface area contributed by atoms with E-state index in [2.05, 4.69) is 42.1 Å². The molecular formula is C39H44N10O4. The van der Waals surface area contributed by atoms with E-state index in [-0.39, 0.29) is 41.5 Å². The number of fused-ring (bicyclic) bond motifs is 2. The maximum Gasteiger partial charge on any atom is 0.270 e. The first-order chi connectivity index (χ1) is 25.6. The quantitative estimate of drug-likeness (QED) is 0.266. The van der Waals surface area contributed by atoms with Crippen molar-refractivity contribution in [2.75, 3.05) is 55.4 Å². The first-order valence-electron chi connectivity index (χ1n) is 18.7. The van der Waals surface area contributed by atoms with Crippen LogP contribution >= 0.6 is 0 Å². The van der Waals surface area contributed by atoms with Crippen molar-refractivity contribution in [3.8, 4) is 0 Å². The zero-order valence-electron chi connectivity index (χ0n) is 30.2. The van der Waals surface area contributed by atoms with Crippen molar-refractivity contribution >= 4 is 57.8 Å². The largest absolute Gasteiger partial charge is 0.371 e. The van der Waals surface area contributed by atoms with E-state index in [4.69, 9.17) is 9.97 Å². The predicted molar refractivity (Wildman–Crippen MR) is 199 cm³/mol.